The molecule has 0 aromatic heterocycles. The fraction of sp³-hybridized carbons (Fsp3) is 0.600. The van der Waals surface area contributed by atoms with Crippen molar-refractivity contribution in [3.8, 4) is 0 Å². The van der Waals surface area contributed by atoms with Gasteiger partial charge in [0, 0.05) is 6.04 Å². The van der Waals surface area contributed by atoms with Gasteiger partial charge in [-0.3, -0.25) is 0 Å². The Kier molecular flexibility index (Phi) is 3.58. The first-order valence-corrected chi connectivity index (χ1v) is 7.27. The molecular formula is C15H19ClFN. The molecule has 18 heavy (non-hydrogen) atoms. The van der Waals surface area contributed by atoms with Gasteiger partial charge in [0.15, 0.2) is 0 Å². The Morgan fingerprint density at radius 3 is 2.56 bits per heavy atom. The van der Waals surface area contributed by atoms with Gasteiger partial charge in [-0.1, -0.05) is 17.7 Å². The second-order valence-corrected chi connectivity index (χ2v) is 6.14. The first-order valence-electron chi connectivity index (χ1n) is 6.89. The lowest BCUT2D eigenvalue weighted by atomic mass is 9.70. The average molecular weight is 268 g/mol. The summed E-state index contributed by atoms with van der Waals surface area (Å²) >= 11 is 5.70. The fourth-order valence-corrected chi connectivity index (χ4v) is 2.87. The predicted octanol–water partition coefficient (Wildman–Crippen LogP) is 3.80. The first kappa shape index (κ1) is 12.4. The Labute approximate surface area is 113 Å². The molecule has 0 heterocycles. The second-order valence-electron chi connectivity index (χ2n) is 5.73. The van der Waals surface area contributed by atoms with Crippen LogP contribution in [0.5, 0.6) is 0 Å². The summed E-state index contributed by atoms with van der Waals surface area (Å²) in [7, 11) is 0. The van der Waals surface area contributed by atoms with Gasteiger partial charge in [-0.25, -0.2) is 4.39 Å². The van der Waals surface area contributed by atoms with Crippen LogP contribution < -0.4 is 5.32 Å². The number of hydrogen-bond donors (Lipinski definition) is 1. The Bertz CT molecular complexity index is 431. The molecule has 3 rings (SSSR count). The van der Waals surface area contributed by atoms with Gasteiger partial charge >= 0.3 is 0 Å². The SMILES string of the molecule is Fc1cc(CC2CCC2CNC2CC2)ccc1Cl. The highest BCUT2D eigenvalue weighted by atomic mass is 35.5. The summed E-state index contributed by atoms with van der Waals surface area (Å²) < 4.78 is 13.4. The molecule has 3 heteroatoms. The molecule has 2 saturated carbocycles. The molecule has 2 fully saturated rings. The highest BCUT2D eigenvalue weighted by molar-refractivity contribution is 6.30. The van der Waals surface area contributed by atoms with Crippen molar-refractivity contribution in [1.29, 1.82) is 0 Å². The van der Waals surface area contributed by atoms with Crippen molar-refractivity contribution >= 4 is 11.6 Å². The van der Waals surface area contributed by atoms with Crippen molar-refractivity contribution in [3.05, 3.63) is 34.6 Å². The van der Waals surface area contributed by atoms with Crippen molar-refractivity contribution in [2.45, 2.75) is 38.1 Å². The molecule has 1 N–H and O–H groups in total. The third kappa shape index (κ3) is 2.86. The Morgan fingerprint density at radius 2 is 1.94 bits per heavy atom. The average Bonchev–Trinajstić information content (AvgIpc) is 3.13. The van der Waals surface area contributed by atoms with Crippen LogP contribution in [0.3, 0.4) is 0 Å². The van der Waals surface area contributed by atoms with Gasteiger partial charge in [0.05, 0.1) is 5.02 Å². The van der Waals surface area contributed by atoms with E-state index >= 15 is 0 Å². The monoisotopic (exact) mass is 267 g/mol. The van der Waals surface area contributed by atoms with Crippen molar-refractivity contribution in [3.63, 3.8) is 0 Å². The van der Waals surface area contributed by atoms with E-state index in [0.717, 1.165) is 36.4 Å². The van der Waals surface area contributed by atoms with Crippen LogP contribution >= 0.6 is 11.6 Å². The van der Waals surface area contributed by atoms with Crippen LogP contribution in [0, 0.1) is 17.7 Å². The zero-order valence-electron chi connectivity index (χ0n) is 10.5. The van der Waals surface area contributed by atoms with Crippen molar-refractivity contribution < 1.29 is 4.39 Å². The molecule has 0 aliphatic heterocycles. The Morgan fingerprint density at radius 1 is 1.17 bits per heavy atom. The van der Waals surface area contributed by atoms with Gasteiger partial charge in [0.1, 0.15) is 5.82 Å². The number of halogens is 2. The van der Waals surface area contributed by atoms with Crippen LogP contribution in [0.2, 0.25) is 5.02 Å². The number of rotatable bonds is 5. The highest BCUT2D eigenvalue weighted by Gasteiger charge is 2.32. The van der Waals surface area contributed by atoms with Gasteiger partial charge in [-0.05, 0) is 68.2 Å². The normalized spacial score (nSPS) is 27.0. The van der Waals surface area contributed by atoms with E-state index < -0.39 is 0 Å². The largest absolute Gasteiger partial charge is 0.314 e. The van der Waals surface area contributed by atoms with E-state index in [4.69, 9.17) is 11.6 Å². The highest BCUT2D eigenvalue weighted by Crippen LogP contribution is 2.37. The molecule has 1 aromatic carbocycles. The van der Waals surface area contributed by atoms with Crippen molar-refractivity contribution in [1.82, 2.24) is 5.32 Å². The lowest BCUT2D eigenvalue weighted by Crippen LogP contribution is -2.37. The quantitative estimate of drug-likeness (QED) is 0.856. The van der Waals surface area contributed by atoms with Gasteiger partial charge in [0.25, 0.3) is 0 Å². The molecule has 2 aliphatic carbocycles. The van der Waals surface area contributed by atoms with Gasteiger partial charge in [0.2, 0.25) is 0 Å². The molecule has 0 saturated heterocycles. The minimum absolute atomic E-state index is 0.222. The topological polar surface area (TPSA) is 12.0 Å². The molecule has 0 spiro atoms. The van der Waals surface area contributed by atoms with E-state index in [0.29, 0.717) is 0 Å². The molecule has 2 aliphatic rings. The molecule has 0 radical (unpaired) electrons. The molecule has 98 valence electrons. The molecule has 1 aromatic rings. The maximum atomic E-state index is 13.4. The zero-order chi connectivity index (χ0) is 12.5. The van der Waals surface area contributed by atoms with Crippen LogP contribution in [0.4, 0.5) is 4.39 Å². The Balaban J connectivity index is 1.53. The van der Waals surface area contributed by atoms with Crippen LogP contribution in [0.1, 0.15) is 31.2 Å². The minimum atomic E-state index is -0.291. The standard InChI is InChI=1S/C15H19ClFN/c16-14-6-1-10(8-15(14)17)7-11-2-3-12(11)9-18-13-4-5-13/h1,6,8,11-13,18H,2-5,7,9H2. The van der Waals surface area contributed by atoms with E-state index in [1.165, 1.54) is 25.7 Å². The van der Waals surface area contributed by atoms with Crippen molar-refractivity contribution in [2.24, 2.45) is 11.8 Å². The lowest BCUT2D eigenvalue weighted by Gasteiger charge is -2.37. The summed E-state index contributed by atoms with van der Waals surface area (Å²) in [6.45, 7) is 1.14. The third-order valence-corrected chi connectivity index (χ3v) is 4.61. The number of hydrogen-bond acceptors (Lipinski definition) is 1. The number of nitrogens with one attached hydrogen (secondary N) is 1. The molecular weight excluding hydrogens is 249 g/mol. The number of benzene rings is 1. The predicted molar refractivity (Wildman–Crippen MR) is 72.4 cm³/mol. The summed E-state index contributed by atoms with van der Waals surface area (Å²) in [6.07, 6.45) is 6.28. The molecule has 1 nitrogen and oxygen atoms in total. The maximum absolute atomic E-state index is 13.4. The van der Waals surface area contributed by atoms with Crippen molar-refractivity contribution in [2.75, 3.05) is 6.54 Å². The maximum Gasteiger partial charge on any atom is 0.142 e. The minimum Gasteiger partial charge on any atom is -0.314 e. The summed E-state index contributed by atoms with van der Waals surface area (Å²) in [6, 6.07) is 6.00. The van der Waals surface area contributed by atoms with Crippen LogP contribution in [0.25, 0.3) is 0 Å². The second kappa shape index (κ2) is 5.18. The van der Waals surface area contributed by atoms with Crippen LogP contribution in [-0.2, 0) is 6.42 Å². The van der Waals surface area contributed by atoms with Crippen LogP contribution in [-0.4, -0.2) is 12.6 Å². The van der Waals surface area contributed by atoms with E-state index in [1.807, 2.05) is 6.07 Å². The van der Waals surface area contributed by atoms with Gasteiger partial charge < -0.3 is 5.32 Å². The third-order valence-electron chi connectivity index (χ3n) is 4.30. The van der Waals surface area contributed by atoms with Gasteiger partial charge in [-0.15, -0.1) is 0 Å². The first-order chi connectivity index (χ1) is 8.72. The van der Waals surface area contributed by atoms with E-state index in [-0.39, 0.29) is 10.8 Å². The molecule has 2 atom stereocenters. The Hall–Kier alpha value is -0.600. The van der Waals surface area contributed by atoms with E-state index in [1.54, 1.807) is 12.1 Å². The zero-order valence-corrected chi connectivity index (χ0v) is 11.2. The fourth-order valence-electron chi connectivity index (χ4n) is 2.75. The van der Waals surface area contributed by atoms with Gasteiger partial charge in [-0.2, -0.15) is 0 Å². The van der Waals surface area contributed by atoms with E-state index in [9.17, 15) is 4.39 Å². The molecule has 0 bridgehead atoms. The molecule has 0 amide bonds. The summed E-state index contributed by atoms with van der Waals surface area (Å²) in [5.74, 6) is 1.21. The smallest absolute Gasteiger partial charge is 0.142 e. The summed E-state index contributed by atoms with van der Waals surface area (Å²) in [5, 5.41) is 3.82. The van der Waals surface area contributed by atoms with E-state index in [2.05, 4.69) is 5.32 Å². The van der Waals surface area contributed by atoms with Crippen LogP contribution in [0.15, 0.2) is 18.2 Å². The lowest BCUT2D eigenvalue weighted by molar-refractivity contribution is 0.170. The molecule has 2 unspecified atom stereocenters. The summed E-state index contributed by atoms with van der Waals surface area (Å²) in [5.41, 5.74) is 1.08. The summed E-state index contributed by atoms with van der Waals surface area (Å²) in [4.78, 5) is 0.